The molecule has 0 atom stereocenters. The summed E-state index contributed by atoms with van der Waals surface area (Å²) < 4.78 is 51.7. The van der Waals surface area contributed by atoms with Crippen molar-refractivity contribution in [2.75, 3.05) is 4.72 Å². The van der Waals surface area contributed by atoms with E-state index in [9.17, 15) is 17.2 Å². The van der Waals surface area contributed by atoms with Gasteiger partial charge in [-0.05, 0) is 12.1 Å². The lowest BCUT2D eigenvalue weighted by Crippen LogP contribution is -2.11. The first-order chi connectivity index (χ1) is 10.8. The van der Waals surface area contributed by atoms with Crippen LogP contribution in [0.3, 0.4) is 0 Å². The third kappa shape index (κ3) is 3.01. The van der Waals surface area contributed by atoms with Crippen molar-refractivity contribution in [3.05, 3.63) is 39.6 Å². The SMILES string of the molecule is O=S(=O)(Nc1ccc(Cl)c2c(Cl)c[nH]c12)c1cnc(C(F)F)s1. The number of benzene rings is 1. The van der Waals surface area contributed by atoms with Gasteiger partial charge in [-0.15, -0.1) is 0 Å². The van der Waals surface area contributed by atoms with Crippen molar-refractivity contribution in [3.63, 3.8) is 0 Å². The first-order valence-corrected chi connectivity index (χ1v) is 9.07. The predicted molar refractivity (Wildman–Crippen MR) is 86.2 cm³/mol. The molecule has 0 aliphatic rings. The maximum Gasteiger partial charge on any atom is 0.289 e. The topological polar surface area (TPSA) is 74.8 Å². The number of hydrogen-bond donors (Lipinski definition) is 2. The van der Waals surface area contributed by atoms with Crippen molar-refractivity contribution in [1.82, 2.24) is 9.97 Å². The predicted octanol–water partition coefficient (Wildman–Crippen LogP) is 4.67. The smallest absolute Gasteiger partial charge is 0.289 e. The number of sulfonamides is 1. The van der Waals surface area contributed by atoms with Gasteiger partial charge in [0, 0.05) is 11.6 Å². The van der Waals surface area contributed by atoms with E-state index in [4.69, 9.17) is 23.2 Å². The fourth-order valence-electron chi connectivity index (χ4n) is 1.95. The van der Waals surface area contributed by atoms with E-state index in [1.165, 1.54) is 18.3 Å². The molecule has 0 saturated carbocycles. The van der Waals surface area contributed by atoms with Crippen LogP contribution in [0.5, 0.6) is 0 Å². The molecule has 11 heteroatoms. The van der Waals surface area contributed by atoms with Crippen LogP contribution < -0.4 is 4.72 Å². The molecule has 3 rings (SSSR count). The molecule has 3 aromatic rings. The quantitative estimate of drug-likeness (QED) is 0.671. The zero-order valence-electron chi connectivity index (χ0n) is 11.0. The maximum absolute atomic E-state index is 12.5. The minimum atomic E-state index is -4.05. The van der Waals surface area contributed by atoms with Gasteiger partial charge in [-0.3, -0.25) is 4.72 Å². The molecule has 2 N–H and O–H groups in total. The average Bonchev–Trinajstić information content (AvgIpc) is 3.10. The summed E-state index contributed by atoms with van der Waals surface area (Å²) >= 11 is 12.4. The van der Waals surface area contributed by atoms with Crippen LogP contribution in [0.4, 0.5) is 14.5 Å². The van der Waals surface area contributed by atoms with Crippen LogP contribution in [-0.4, -0.2) is 18.4 Å². The second-order valence-corrected chi connectivity index (χ2v) is 8.19. The van der Waals surface area contributed by atoms with E-state index in [2.05, 4.69) is 14.7 Å². The molecule has 0 saturated heterocycles. The monoisotopic (exact) mass is 397 g/mol. The molecule has 23 heavy (non-hydrogen) atoms. The molecule has 2 heterocycles. The number of aromatic amines is 1. The summed E-state index contributed by atoms with van der Waals surface area (Å²) in [5, 5.41) is 0.594. The zero-order valence-corrected chi connectivity index (χ0v) is 14.1. The Balaban J connectivity index is 2.02. The number of alkyl halides is 2. The molecule has 5 nitrogen and oxygen atoms in total. The van der Waals surface area contributed by atoms with Crippen molar-refractivity contribution in [2.24, 2.45) is 0 Å². The number of aromatic nitrogens is 2. The second kappa shape index (κ2) is 5.90. The van der Waals surface area contributed by atoms with Crippen molar-refractivity contribution < 1.29 is 17.2 Å². The summed E-state index contributed by atoms with van der Waals surface area (Å²) in [5.74, 6) is 0. The molecule has 0 fully saturated rings. The average molecular weight is 398 g/mol. The Kier molecular flexibility index (Phi) is 4.21. The van der Waals surface area contributed by atoms with Crippen LogP contribution in [0.25, 0.3) is 10.9 Å². The van der Waals surface area contributed by atoms with Gasteiger partial charge in [0.05, 0.1) is 27.4 Å². The molecule has 0 radical (unpaired) electrons. The molecule has 0 unspecified atom stereocenters. The molecule has 1 aromatic carbocycles. The largest absolute Gasteiger partial charge is 0.358 e. The van der Waals surface area contributed by atoms with Gasteiger partial charge in [0.2, 0.25) is 0 Å². The Morgan fingerprint density at radius 1 is 1.26 bits per heavy atom. The van der Waals surface area contributed by atoms with Gasteiger partial charge < -0.3 is 4.98 Å². The lowest BCUT2D eigenvalue weighted by Gasteiger charge is -2.08. The van der Waals surface area contributed by atoms with Crippen LogP contribution in [0.1, 0.15) is 11.4 Å². The van der Waals surface area contributed by atoms with Crippen LogP contribution in [0, 0.1) is 0 Å². The van der Waals surface area contributed by atoms with Gasteiger partial charge in [0.25, 0.3) is 16.4 Å². The molecule has 0 aliphatic carbocycles. The Morgan fingerprint density at radius 3 is 2.65 bits per heavy atom. The number of thiazole rings is 1. The number of nitrogens with zero attached hydrogens (tertiary/aromatic N) is 1. The number of H-pyrrole nitrogens is 1. The minimum Gasteiger partial charge on any atom is -0.358 e. The highest BCUT2D eigenvalue weighted by molar-refractivity contribution is 7.94. The molecular weight excluding hydrogens is 391 g/mol. The lowest BCUT2D eigenvalue weighted by molar-refractivity contribution is 0.151. The summed E-state index contributed by atoms with van der Waals surface area (Å²) in [6.45, 7) is 0. The van der Waals surface area contributed by atoms with Crippen molar-refractivity contribution in [3.8, 4) is 0 Å². The summed E-state index contributed by atoms with van der Waals surface area (Å²) in [7, 11) is -4.05. The van der Waals surface area contributed by atoms with Crippen molar-refractivity contribution in [1.29, 1.82) is 0 Å². The van der Waals surface area contributed by atoms with E-state index < -0.39 is 21.5 Å². The third-order valence-electron chi connectivity index (χ3n) is 2.93. The highest BCUT2D eigenvalue weighted by atomic mass is 35.5. The number of anilines is 1. The van der Waals surface area contributed by atoms with E-state index in [0.717, 1.165) is 6.20 Å². The normalized spacial score (nSPS) is 12.2. The third-order valence-corrected chi connectivity index (χ3v) is 6.38. The maximum atomic E-state index is 12.5. The standard InChI is InChI=1S/C12H7Cl2F2N3O2S2/c13-5-1-2-7(10-9(5)6(14)3-17-10)19-23(20,21)8-4-18-12(22-8)11(15)16/h1-4,11,17,19H. The van der Waals surface area contributed by atoms with Crippen LogP contribution in [0.2, 0.25) is 10.0 Å². The second-order valence-electron chi connectivity index (χ2n) is 4.41. The van der Waals surface area contributed by atoms with E-state index in [1.54, 1.807) is 0 Å². The molecule has 0 bridgehead atoms. The first kappa shape index (κ1) is 16.4. The van der Waals surface area contributed by atoms with Crippen LogP contribution in [0.15, 0.2) is 28.7 Å². The Hall–Kier alpha value is -1.42. The Bertz CT molecular complexity index is 986. The van der Waals surface area contributed by atoms with Crippen molar-refractivity contribution >= 4 is 61.2 Å². The molecular formula is C12H7Cl2F2N3O2S2. The number of hydrogen-bond acceptors (Lipinski definition) is 4. The summed E-state index contributed by atoms with van der Waals surface area (Å²) in [6.07, 6.45) is -0.464. The zero-order chi connectivity index (χ0) is 16.8. The van der Waals surface area contributed by atoms with E-state index in [0.29, 0.717) is 32.3 Å². The van der Waals surface area contributed by atoms with Gasteiger partial charge in [-0.25, -0.2) is 22.2 Å². The Morgan fingerprint density at radius 2 is 2.00 bits per heavy atom. The molecule has 0 aliphatic heterocycles. The molecule has 2 aromatic heterocycles. The summed E-state index contributed by atoms with van der Waals surface area (Å²) in [4.78, 5) is 6.22. The van der Waals surface area contributed by atoms with Crippen LogP contribution >= 0.6 is 34.5 Å². The van der Waals surface area contributed by atoms with E-state index >= 15 is 0 Å². The lowest BCUT2D eigenvalue weighted by atomic mass is 10.2. The van der Waals surface area contributed by atoms with Gasteiger partial charge >= 0.3 is 0 Å². The van der Waals surface area contributed by atoms with Gasteiger partial charge in [-0.1, -0.05) is 34.5 Å². The Labute approximate surface area is 143 Å². The number of nitrogens with one attached hydrogen (secondary N) is 2. The van der Waals surface area contributed by atoms with Crippen LogP contribution in [-0.2, 0) is 10.0 Å². The van der Waals surface area contributed by atoms with E-state index in [-0.39, 0.29) is 9.90 Å². The minimum absolute atomic E-state index is 0.197. The van der Waals surface area contributed by atoms with Gasteiger partial charge in [0.1, 0.15) is 0 Å². The molecule has 122 valence electrons. The summed E-state index contributed by atoms with van der Waals surface area (Å²) in [5.41, 5.74) is 0.591. The number of fused-ring (bicyclic) bond motifs is 1. The number of halogens is 4. The van der Waals surface area contributed by atoms with Crippen molar-refractivity contribution in [2.45, 2.75) is 10.6 Å². The van der Waals surface area contributed by atoms with Gasteiger partial charge in [0.15, 0.2) is 9.22 Å². The molecule has 0 amide bonds. The summed E-state index contributed by atoms with van der Waals surface area (Å²) in [6, 6.07) is 2.93. The van der Waals surface area contributed by atoms with Gasteiger partial charge in [-0.2, -0.15) is 0 Å². The fourth-order valence-corrected chi connectivity index (χ4v) is 4.58. The highest BCUT2D eigenvalue weighted by Crippen LogP contribution is 2.36. The highest BCUT2D eigenvalue weighted by Gasteiger charge is 2.23. The molecule has 0 spiro atoms. The number of rotatable bonds is 4. The first-order valence-electron chi connectivity index (χ1n) is 6.01. The fraction of sp³-hybridized carbons (Fsp3) is 0.0833. The van der Waals surface area contributed by atoms with E-state index in [1.807, 2.05) is 0 Å².